The molecule has 0 bridgehead atoms. The molecule has 1 unspecified atom stereocenters. The summed E-state index contributed by atoms with van der Waals surface area (Å²) in [5.41, 5.74) is 6.66. The highest BCUT2D eigenvalue weighted by atomic mass is 15.4. The predicted molar refractivity (Wildman–Crippen MR) is 63.4 cm³/mol. The van der Waals surface area contributed by atoms with E-state index in [0.29, 0.717) is 11.8 Å². The second-order valence-electron chi connectivity index (χ2n) is 4.35. The molecule has 3 N–H and O–H groups in total. The monoisotopic (exact) mass is 233 g/mol. The first-order chi connectivity index (χ1) is 8.22. The molecule has 0 saturated carbocycles. The average Bonchev–Trinajstić information content (AvgIpc) is 2.96. The van der Waals surface area contributed by atoms with E-state index in [2.05, 4.69) is 25.2 Å². The Morgan fingerprint density at radius 1 is 1.53 bits per heavy atom. The van der Waals surface area contributed by atoms with Gasteiger partial charge in [0.2, 0.25) is 5.95 Å². The molecular weight excluding hydrogens is 218 g/mol. The van der Waals surface area contributed by atoms with Gasteiger partial charge in [-0.2, -0.15) is 10.1 Å². The zero-order valence-electron chi connectivity index (χ0n) is 9.67. The summed E-state index contributed by atoms with van der Waals surface area (Å²) >= 11 is 0. The predicted octanol–water partition coefficient (Wildman–Crippen LogP) is -0.257. The van der Waals surface area contributed by atoms with Gasteiger partial charge in [0, 0.05) is 32.4 Å². The number of aromatic amines is 1. The molecular formula is C10H15N7. The fraction of sp³-hybridized carbons (Fsp3) is 0.500. The van der Waals surface area contributed by atoms with Crippen LogP contribution in [0.1, 0.15) is 6.42 Å². The number of nitrogens with two attached hydrogens (primary N) is 1. The molecule has 0 amide bonds. The third-order valence-corrected chi connectivity index (χ3v) is 2.94. The van der Waals surface area contributed by atoms with Crippen molar-refractivity contribution in [2.24, 2.45) is 12.8 Å². The number of anilines is 1. The molecule has 1 aliphatic rings. The summed E-state index contributed by atoms with van der Waals surface area (Å²) in [6, 6.07) is 2.13. The smallest absolute Gasteiger partial charge is 0.245 e. The van der Waals surface area contributed by atoms with Gasteiger partial charge in [-0.1, -0.05) is 0 Å². The van der Waals surface area contributed by atoms with Gasteiger partial charge in [0.05, 0.1) is 0 Å². The molecule has 1 saturated heterocycles. The Morgan fingerprint density at radius 2 is 2.41 bits per heavy atom. The van der Waals surface area contributed by atoms with Gasteiger partial charge in [0.15, 0.2) is 5.82 Å². The van der Waals surface area contributed by atoms with Crippen molar-refractivity contribution in [2.75, 3.05) is 18.0 Å². The summed E-state index contributed by atoms with van der Waals surface area (Å²) < 4.78 is 1.74. The Balaban J connectivity index is 1.83. The molecule has 1 atom stereocenters. The average molecular weight is 233 g/mol. The van der Waals surface area contributed by atoms with E-state index in [-0.39, 0.29) is 6.04 Å². The number of nitrogens with one attached hydrogen (secondary N) is 1. The Kier molecular flexibility index (Phi) is 2.32. The van der Waals surface area contributed by atoms with E-state index in [1.807, 2.05) is 19.3 Å². The summed E-state index contributed by atoms with van der Waals surface area (Å²) in [6.45, 7) is 1.74. The SMILES string of the molecule is Cn1ccc(-c2nc(N3CCC(N)C3)n[nH]2)n1. The number of aryl methyl sites for hydroxylation is 1. The summed E-state index contributed by atoms with van der Waals surface area (Å²) in [5.74, 6) is 1.40. The summed E-state index contributed by atoms with van der Waals surface area (Å²) in [7, 11) is 1.88. The molecule has 17 heavy (non-hydrogen) atoms. The molecule has 0 aromatic carbocycles. The van der Waals surface area contributed by atoms with Crippen LogP contribution in [-0.4, -0.2) is 44.1 Å². The molecule has 2 aromatic rings. The van der Waals surface area contributed by atoms with E-state index in [4.69, 9.17) is 5.73 Å². The van der Waals surface area contributed by atoms with Gasteiger partial charge < -0.3 is 10.6 Å². The largest absolute Gasteiger partial charge is 0.338 e. The van der Waals surface area contributed by atoms with Gasteiger partial charge in [-0.3, -0.25) is 9.78 Å². The van der Waals surface area contributed by atoms with Gasteiger partial charge in [-0.25, -0.2) is 0 Å². The lowest BCUT2D eigenvalue weighted by Crippen LogP contribution is -2.26. The van der Waals surface area contributed by atoms with E-state index in [0.717, 1.165) is 25.2 Å². The quantitative estimate of drug-likeness (QED) is 0.746. The van der Waals surface area contributed by atoms with Crippen LogP contribution in [0.4, 0.5) is 5.95 Å². The van der Waals surface area contributed by atoms with E-state index >= 15 is 0 Å². The molecule has 1 aliphatic heterocycles. The highest BCUT2D eigenvalue weighted by molar-refractivity contribution is 5.50. The summed E-state index contributed by atoms with van der Waals surface area (Å²) in [6.07, 6.45) is 2.87. The highest BCUT2D eigenvalue weighted by Crippen LogP contribution is 2.18. The van der Waals surface area contributed by atoms with Crippen LogP contribution < -0.4 is 10.6 Å². The minimum absolute atomic E-state index is 0.229. The zero-order chi connectivity index (χ0) is 11.8. The Bertz CT molecular complexity index is 514. The number of hydrogen-bond acceptors (Lipinski definition) is 5. The van der Waals surface area contributed by atoms with Crippen LogP contribution in [0.3, 0.4) is 0 Å². The maximum absolute atomic E-state index is 5.86. The van der Waals surface area contributed by atoms with Crippen LogP contribution in [0.25, 0.3) is 11.5 Å². The number of H-pyrrole nitrogens is 1. The molecule has 1 fully saturated rings. The van der Waals surface area contributed by atoms with Gasteiger partial charge >= 0.3 is 0 Å². The third-order valence-electron chi connectivity index (χ3n) is 2.94. The molecule has 90 valence electrons. The van der Waals surface area contributed by atoms with Gasteiger partial charge in [-0.05, 0) is 12.5 Å². The van der Waals surface area contributed by atoms with E-state index in [1.165, 1.54) is 0 Å². The molecule has 0 radical (unpaired) electrons. The molecule has 3 heterocycles. The minimum atomic E-state index is 0.229. The van der Waals surface area contributed by atoms with Crippen LogP contribution in [0.2, 0.25) is 0 Å². The van der Waals surface area contributed by atoms with Crippen molar-refractivity contribution in [3.05, 3.63) is 12.3 Å². The molecule has 0 aliphatic carbocycles. The topological polar surface area (TPSA) is 88.6 Å². The van der Waals surface area contributed by atoms with E-state index in [1.54, 1.807) is 4.68 Å². The molecule has 2 aromatic heterocycles. The van der Waals surface area contributed by atoms with E-state index < -0.39 is 0 Å². The van der Waals surface area contributed by atoms with Crippen molar-refractivity contribution in [3.8, 4) is 11.5 Å². The van der Waals surface area contributed by atoms with Gasteiger partial charge in [-0.15, -0.1) is 5.10 Å². The first-order valence-corrected chi connectivity index (χ1v) is 5.65. The van der Waals surface area contributed by atoms with Gasteiger partial charge in [0.1, 0.15) is 5.69 Å². The normalized spacial score (nSPS) is 20.1. The fourth-order valence-electron chi connectivity index (χ4n) is 2.02. The van der Waals surface area contributed by atoms with E-state index in [9.17, 15) is 0 Å². The molecule has 7 heteroatoms. The molecule has 3 rings (SSSR count). The second-order valence-corrected chi connectivity index (χ2v) is 4.35. The Morgan fingerprint density at radius 3 is 3.06 bits per heavy atom. The van der Waals surface area contributed by atoms with Crippen LogP contribution in [0.5, 0.6) is 0 Å². The van der Waals surface area contributed by atoms with Crippen LogP contribution in [0, 0.1) is 0 Å². The van der Waals surface area contributed by atoms with Crippen LogP contribution in [0.15, 0.2) is 12.3 Å². The lowest BCUT2D eigenvalue weighted by molar-refractivity contribution is 0.750. The maximum Gasteiger partial charge on any atom is 0.245 e. The van der Waals surface area contributed by atoms with Crippen molar-refractivity contribution in [1.29, 1.82) is 0 Å². The van der Waals surface area contributed by atoms with Crippen molar-refractivity contribution >= 4 is 5.95 Å². The Hall–Kier alpha value is -1.89. The number of nitrogens with zero attached hydrogens (tertiary/aromatic N) is 5. The molecule has 7 nitrogen and oxygen atoms in total. The number of rotatable bonds is 2. The molecule has 0 spiro atoms. The third kappa shape index (κ3) is 1.89. The van der Waals surface area contributed by atoms with Crippen molar-refractivity contribution in [2.45, 2.75) is 12.5 Å². The van der Waals surface area contributed by atoms with Crippen LogP contribution in [-0.2, 0) is 7.05 Å². The first kappa shape index (κ1) is 10.3. The second kappa shape index (κ2) is 3.85. The lowest BCUT2D eigenvalue weighted by atomic mass is 10.3. The first-order valence-electron chi connectivity index (χ1n) is 5.65. The summed E-state index contributed by atoms with van der Waals surface area (Å²) in [4.78, 5) is 6.53. The maximum atomic E-state index is 5.86. The van der Waals surface area contributed by atoms with Crippen molar-refractivity contribution in [3.63, 3.8) is 0 Å². The van der Waals surface area contributed by atoms with Crippen molar-refractivity contribution in [1.82, 2.24) is 25.0 Å². The zero-order valence-corrected chi connectivity index (χ0v) is 9.67. The fourth-order valence-corrected chi connectivity index (χ4v) is 2.02. The standard InChI is InChI=1S/C10H15N7/c1-16-4-3-8(15-16)9-12-10(14-13-9)17-5-2-7(11)6-17/h3-4,7H,2,5-6,11H2,1H3,(H,12,13,14). The van der Waals surface area contributed by atoms with Gasteiger partial charge in [0.25, 0.3) is 0 Å². The Labute approximate surface area is 98.6 Å². The van der Waals surface area contributed by atoms with Crippen molar-refractivity contribution < 1.29 is 0 Å². The number of hydrogen-bond donors (Lipinski definition) is 2. The lowest BCUT2D eigenvalue weighted by Gasteiger charge is -2.11. The van der Waals surface area contributed by atoms with Crippen LogP contribution >= 0.6 is 0 Å². The number of aromatic nitrogens is 5. The highest BCUT2D eigenvalue weighted by Gasteiger charge is 2.22. The minimum Gasteiger partial charge on any atom is -0.338 e. The summed E-state index contributed by atoms with van der Waals surface area (Å²) in [5, 5.41) is 11.4.